The van der Waals surface area contributed by atoms with Gasteiger partial charge in [-0.05, 0) is 55.3 Å². The number of nitrogens with zero attached hydrogens (tertiary/aromatic N) is 2. The summed E-state index contributed by atoms with van der Waals surface area (Å²) in [5.74, 6) is -1.02. The number of carbonyl (C=O) groups is 2. The van der Waals surface area contributed by atoms with Crippen molar-refractivity contribution in [2.75, 3.05) is 19.1 Å². The minimum atomic E-state index is -0.904. The first-order valence-electron chi connectivity index (χ1n) is 10.4. The predicted molar refractivity (Wildman–Crippen MR) is 124 cm³/mol. The second-order valence-corrected chi connectivity index (χ2v) is 7.78. The molecule has 1 amide bonds. The Balaban J connectivity index is 1.98. The van der Waals surface area contributed by atoms with E-state index in [-0.39, 0.29) is 16.9 Å². The highest BCUT2D eigenvalue weighted by Crippen LogP contribution is 2.44. The number of carbonyl (C=O) groups excluding carboxylic acids is 2. The van der Waals surface area contributed by atoms with Crippen molar-refractivity contribution in [3.05, 3.63) is 88.8 Å². The van der Waals surface area contributed by atoms with Crippen LogP contribution in [0.5, 0.6) is 11.5 Å². The molecule has 3 aromatic rings. The molecular weight excluding hydrogens is 420 g/mol. The average molecular weight is 444 g/mol. The fourth-order valence-corrected chi connectivity index (χ4v) is 4.02. The summed E-state index contributed by atoms with van der Waals surface area (Å²) in [6.07, 6.45) is 1.59. The van der Waals surface area contributed by atoms with Crippen LogP contribution in [-0.4, -0.2) is 36.0 Å². The lowest BCUT2D eigenvalue weighted by Crippen LogP contribution is -2.30. The van der Waals surface area contributed by atoms with Gasteiger partial charge in [-0.1, -0.05) is 18.2 Å². The smallest absolute Gasteiger partial charge is 0.300 e. The molecule has 1 aromatic heterocycles. The first-order chi connectivity index (χ1) is 15.9. The fraction of sp³-hybridized carbons (Fsp3) is 0.192. The van der Waals surface area contributed by atoms with E-state index < -0.39 is 17.7 Å². The Morgan fingerprint density at radius 1 is 1.00 bits per heavy atom. The number of ether oxygens (including phenoxy) is 2. The van der Waals surface area contributed by atoms with Crippen LogP contribution < -0.4 is 14.4 Å². The number of aliphatic hydroxyl groups is 1. The van der Waals surface area contributed by atoms with E-state index >= 15 is 0 Å². The standard InChI is InChI=1S/C26H24N2O5/c1-15-8-9-16(2)20(13-15)28-23(19-7-5-6-12-27-19)22(25(30)26(28)31)24(29)18-11-10-17(32-3)14-21(18)33-4/h5-14,23,29H,1-4H3/b24-22-. The third-order valence-corrected chi connectivity index (χ3v) is 5.70. The van der Waals surface area contributed by atoms with Gasteiger partial charge in [0.1, 0.15) is 23.3 Å². The summed E-state index contributed by atoms with van der Waals surface area (Å²) in [7, 11) is 2.97. The van der Waals surface area contributed by atoms with Gasteiger partial charge in [0.15, 0.2) is 0 Å². The second-order valence-electron chi connectivity index (χ2n) is 7.78. The van der Waals surface area contributed by atoms with Gasteiger partial charge in [-0.3, -0.25) is 19.5 Å². The SMILES string of the molecule is COc1ccc(/C(O)=C2/C(=O)C(=O)N(c3cc(C)ccc3C)C2c2ccccn2)c(OC)c1. The third-order valence-electron chi connectivity index (χ3n) is 5.70. The number of anilines is 1. The Hall–Kier alpha value is -4.13. The lowest BCUT2D eigenvalue weighted by Gasteiger charge is -2.26. The van der Waals surface area contributed by atoms with E-state index in [1.165, 1.54) is 19.1 Å². The lowest BCUT2D eigenvalue weighted by atomic mass is 9.97. The number of aryl methyl sites for hydroxylation is 2. The van der Waals surface area contributed by atoms with E-state index in [9.17, 15) is 14.7 Å². The number of aromatic nitrogens is 1. The van der Waals surface area contributed by atoms with Crippen molar-refractivity contribution in [2.45, 2.75) is 19.9 Å². The number of hydrogen-bond donors (Lipinski definition) is 1. The molecule has 0 radical (unpaired) electrons. The summed E-state index contributed by atoms with van der Waals surface area (Å²) in [6.45, 7) is 3.79. The summed E-state index contributed by atoms with van der Waals surface area (Å²) in [4.78, 5) is 32.4. The van der Waals surface area contributed by atoms with Crippen LogP contribution in [0.25, 0.3) is 5.76 Å². The Morgan fingerprint density at radius 3 is 2.45 bits per heavy atom. The highest BCUT2D eigenvalue weighted by Gasteiger charge is 2.48. The monoisotopic (exact) mass is 444 g/mol. The highest BCUT2D eigenvalue weighted by atomic mass is 16.5. The molecule has 0 saturated carbocycles. The third kappa shape index (κ3) is 3.82. The Labute approximate surface area is 191 Å². The van der Waals surface area contributed by atoms with Crippen LogP contribution >= 0.6 is 0 Å². The van der Waals surface area contributed by atoms with Crippen molar-refractivity contribution in [2.24, 2.45) is 0 Å². The van der Waals surface area contributed by atoms with Crippen LogP contribution in [0.1, 0.15) is 28.4 Å². The van der Waals surface area contributed by atoms with Gasteiger partial charge in [0, 0.05) is 18.0 Å². The quantitative estimate of drug-likeness (QED) is 0.358. The van der Waals surface area contributed by atoms with Gasteiger partial charge < -0.3 is 14.6 Å². The molecule has 7 nitrogen and oxygen atoms in total. The molecular formula is C26H24N2O5. The maximum Gasteiger partial charge on any atom is 0.300 e. The molecule has 168 valence electrons. The number of benzene rings is 2. The number of ketones is 1. The number of Topliss-reactive ketones (excluding diaryl/α,β-unsaturated/α-hetero) is 1. The molecule has 2 heterocycles. The van der Waals surface area contributed by atoms with E-state index in [0.29, 0.717) is 22.9 Å². The Kier molecular flexibility index (Phi) is 5.87. The number of methoxy groups -OCH3 is 2. The topological polar surface area (TPSA) is 89.0 Å². The largest absolute Gasteiger partial charge is 0.507 e. The molecule has 33 heavy (non-hydrogen) atoms. The number of hydrogen-bond acceptors (Lipinski definition) is 6. The van der Waals surface area contributed by atoms with Gasteiger partial charge in [0.05, 0.1) is 31.1 Å². The molecule has 1 atom stereocenters. The fourth-order valence-electron chi connectivity index (χ4n) is 4.02. The molecule has 4 rings (SSSR count). The molecule has 0 spiro atoms. The maximum absolute atomic E-state index is 13.3. The van der Waals surface area contributed by atoms with Gasteiger partial charge >= 0.3 is 0 Å². The molecule has 1 unspecified atom stereocenters. The van der Waals surface area contributed by atoms with Gasteiger partial charge in [0.25, 0.3) is 11.7 Å². The first kappa shape index (κ1) is 22.1. The summed E-state index contributed by atoms with van der Waals surface area (Å²) in [5.41, 5.74) is 3.04. The molecule has 1 saturated heterocycles. The van der Waals surface area contributed by atoms with Crippen molar-refractivity contribution in [3.63, 3.8) is 0 Å². The van der Waals surface area contributed by atoms with Gasteiger partial charge in [-0.2, -0.15) is 0 Å². The molecule has 1 fully saturated rings. The van der Waals surface area contributed by atoms with Crippen LogP contribution in [0.4, 0.5) is 5.69 Å². The molecule has 1 aliphatic rings. The van der Waals surface area contributed by atoms with Crippen LogP contribution in [0.3, 0.4) is 0 Å². The lowest BCUT2D eigenvalue weighted by molar-refractivity contribution is -0.132. The van der Waals surface area contributed by atoms with Crippen LogP contribution in [-0.2, 0) is 9.59 Å². The maximum atomic E-state index is 13.3. The van der Waals surface area contributed by atoms with Crippen molar-refractivity contribution in [3.8, 4) is 11.5 Å². The zero-order valence-corrected chi connectivity index (χ0v) is 18.8. The number of amides is 1. The molecule has 1 aliphatic heterocycles. The summed E-state index contributed by atoms with van der Waals surface area (Å²) < 4.78 is 10.6. The van der Waals surface area contributed by atoms with E-state index in [0.717, 1.165) is 11.1 Å². The molecule has 7 heteroatoms. The summed E-state index contributed by atoms with van der Waals surface area (Å²) >= 11 is 0. The Morgan fingerprint density at radius 2 is 1.79 bits per heavy atom. The average Bonchev–Trinajstić information content (AvgIpc) is 3.10. The normalized spacial score (nSPS) is 17.3. The van der Waals surface area contributed by atoms with E-state index in [4.69, 9.17) is 9.47 Å². The van der Waals surface area contributed by atoms with Crippen LogP contribution in [0.2, 0.25) is 0 Å². The van der Waals surface area contributed by atoms with E-state index in [1.54, 1.807) is 42.6 Å². The predicted octanol–water partition coefficient (Wildman–Crippen LogP) is 4.34. The Bertz CT molecular complexity index is 1270. The minimum absolute atomic E-state index is 0.0527. The van der Waals surface area contributed by atoms with Crippen molar-refractivity contribution in [1.82, 2.24) is 4.98 Å². The van der Waals surface area contributed by atoms with Crippen LogP contribution in [0, 0.1) is 13.8 Å². The number of pyridine rings is 1. The second kappa shape index (κ2) is 8.78. The number of aliphatic hydroxyl groups excluding tert-OH is 1. The zero-order valence-electron chi connectivity index (χ0n) is 18.8. The summed E-state index contributed by atoms with van der Waals surface area (Å²) in [6, 6.07) is 14.9. The molecule has 2 aromatic carbocycles. The van der Waals surface area contributed by atoms with E-state index in [1.807, 2.05) is 32.0 Å². The molecule has 0 bridgehead atoms. The van der Waals surface area contributed by atoms with Crippen molar-refractivity contribution in [1.29, 1.82) is 0 Å². The number of rotatable bonds is 5. The highest BCUT2D eigenvalue weighted by molar-refractivity contribution is 6.51. The van der Waals surface area contributed by atoms with Gasteiger partial charge in [-0.15, -0.1) is 0 Å². The van der Waals surface area contributed by atoms with Gasteiger partial charge in [0.2, 0.25) is 0 Å². The van der Waals surface area contributed by atoms with E-state index in [2.05, 4.69) is 4.98 Å². The van der Waals surface area contributed by atoms with Crippen molar-refractivity contribution >= 4 is 23.1 Å². The first-order valence-corrected chi connectivity index (χ1v) is 10.4. The van der Waals surface area contributed by atoms with Crippen molar-refractivity contribution < 1.29 is 24.2 Å². The van der Waals surface area contributed by atoms with Crippen LogP contribution in [0.15, 0.2) is 66.4 Å². The van der Waals surface area contributed by atoms with Gasteiger partial charge in [-0.25, -0.2) is 0 Å². The zero-order chi connectivity index (χ0) is 23.7. The molecule has 1 N–H and O–H groups in total. The minimum Gasteiger partial charge on any atom is -0.507 e. The molecule has 0 aliphatic carbocycles. The summed E-state index contributed by atoms with van der Waals surface area (Å²) in [5, 5.41) is 11.3.